The fourth-order valence-electron chi connectivity index (χ4n) is 1.83. The average molecular weight is 353 g/mol. The lowest BCUT2D eigenvalue weighted by Crippen LogP contribution is -2.11. The Morgan fingerprint density at radius 2 is 2.10 bits per heavy atom. The lowest BCUT2D eigenvalue weighted by Gasteiger charge is -2.13. The number of carbonyl (C=O) groups is 1. The van der Waals surface area contributed by atoms with Crippen molar-refractivity contribution in [3.8, 4) is 0 Å². The van der Waals surface area contributed by atoms with Crippen LogP contribution in [0.5, 0.6) is 0 Å². The van der Waals surface area contributed by atoms with Gasteiger partial charge in [-0.2, -0.15) is 0 Å². The molecule has 1 aromatic heterocycles. The van der Waals surface area contributed by atoms with Gasteiger partial charge in [0.1, 0.15) is 0 Å². The molecule has 0 fully saturated rings. The van der Waals surface area contributed by atoms with Gasteiger partial charge in [-0.05, 0) is 46.6 Å². The molecule has 0 bridgehead atoms. The van der Waals surface area contributed by atoms with Gasteiger partial charge in [0.2, 0.25) is 5.91 Å². The number of amides is 1. The van der Waals surface area contributed by atoms with Crippen LogP contribution < -0.4 is 10.6 Å². The van der Waals surface area contributed by atoms with Gasteiger partial charge in [0.25, 0.3) is 0 Å². The number of halogens is 1. The lowest BCUT2D eigenvalue weighted by molar-refractivity contribution is -0.115. The van der Waals surface area contributed by atoms with Crippen molar-refractivity contribution in [1.82, 2.24) is 0 Å². The van der Waals surface area contributed by atoms with Gasteiger partial charge in [0, 0.05) is 39.1 Å². The summed E-state index contributed by atoms with van der Waals surface area (Å²) >= 11 is 5.17. The number of anilines is 2. The van der Waals surface area contributed by atoms with Crippen LogP contribution in [0.1, 0.15) is 23.8 Å². The predicted octanol–water partition coefficient (Wildman–Crippen LogP) is 4.78. The van der Waals surface area contributed by atoms with Crippen LogP contribution in [0.25, 0.3) is 0 Å². The van der Waals surface area contributed by atoms with Gasteiger partial charge in [-0.15, -0.1) is 11.3 Å². The van der Waals surface area contributed by atoms with Gasteiger partial charge in [0.15, 0.2) is 0 Å². The zero-order valence-electron chi connectivity index (χ0n) is 11.5. The summed E-state index contributed by atoms with van der Waals surface area (Å²) in [6.07, 6.45) is 0.486. The highest BCUT2D eigenvalue weighted by Crippen LogP contribution is 2.25. The standard InChI is InChI=1S/C15H17BrN2OS/c1-3-15(19)18-14-6-4-5-13(10(14)2)17-8-12-7-11(16)9-20-12/h4-7,9,17H,3,8H2,1-2H3,(H,18,19). The molecule has 0 saturated heterocycles. The first-order chi connectivity index (χ1) is 9.60. The molecule has 2 rings (SSSR count). The normalized spacial score (nSPS) is 10.3. The van der Waals surface area contributed by atoms with Crippen molar-refractivity contribution in [2.75, 3.05) is 10.6 Å². The highest BCUT2D eigenvalue weighted by Gasteiger charge is 2.06. The van der Waals surface area contributed by atoms with E-state index in [4.69, 9.17) is 0 Å². The smallest absolute Gasteiger partial charge is 0.224 e. The quantitative estimate of drug-likeness (QED) is 0.812. The largest absolute Gasteiger partial charge is 0.380 e. The molecule has 0 aliphatic carbocycles. The number of hydrogen-bond donors (Lipinski definition) is 2. The minimum absolute atomic E-state index is 0.0347. The third kappa shape index (κ3) is 3.84. The van der Waals surface area contributed by atoms with Crippen molar-refractivity contribution < 1.29 is 4.79 Å². The molecule has 2 aromatic rings. The van der Waals surface area contributed by atoms with Gasteiger partial charge in [-0.25, -0.2) is 0 Å². The Morgan fingerprint density at radius 1 is 1.35 bits per heavy atom. The van der Waals surface area contributed by atoms with E-state index in [0.29, 0.717) is 6.42 Å². The van der Waals surface area contributed by atoms with Gasteiger partial charge in [-0.3, -0.25) is 4.79 Å². The van der Waals surface area contributed by atoms with Crippen LogP contribution in [0, 0.1) is 6.92 Å². The SMILES string of the molecule is CCC(=O)Nc1cccc(NCc2cc(Br)cs2)c1C. The van der Waals surface area contributed by atoms with E-state index >= 15 is 0 Å². The van der Waals surface area contributed by atoms with Crippen LogP contribution in [0.3, 0.4) is 0 Å². The zero-order chi connectivity index (χ0) is 14.5. The Bertz CT molecular complexity index is 610. The molecule has 0 unspecified atom stereocenters. The molecule has 3 nitrogen and oxygen atoms in total. The molecule has 0 saturated carbocycles. The molecule has 0 aliphatic rings. The highest BCUT2D eigenvalue weighted by atomic mass is 79.9. The Labute approximate surface area is 131 Å². The van der Waals surface area contributed by atoms with Gasteiger partial charge < -0.3 is 10.6 Å². The fraction of sp³-hybridized carbons (Fsp3) is 0.267. The molecule has 0 atom stereocenters. The molecule has 0 radical (unpaired) electrons. The molecule has 106 valence electrons. The van der Waals surface area contributed by atoms with Crippen molar-refractivity contribution in [2.45, 2.75) is 26.8 Å². The van der Waals surface area contributed by atoms with Crippen molar-refractivity contribution in [3.63, 3.8) is 0 Å². The summed E-state index contributed by atoms with van der Waals surface area (Å²) in [4.78, 5) is 12.8. The second-order valence-electron chi connectivity index (χ2n) is 4.46. The van der Waals surface area contributed by atoms with Crippen molar-refractivity contribution in [1.29, 1.82) is 0 Å². The molecule has 1 heterocycles. The molecule has 0 spiro atoms. The summed E-state index contributed by atoms with van der Waals surface area (Å²) < 4.78 is 1.11. The highest BCUT2D eigenvalue weighted by molar-refractivity contribution is 9.10. The maximum absolute atomic E-state index is 11.5. The predicted molar refractivity (Wildman–Crippen MR) is 89.4 cm³/mol. The monoisotopic (exact) mass is 352 g/mol. The summed E-state index contributed by atoms with van der Waals surface area (Å²) in [7, 11) is 0. The first kappa shape index (κ1) is 15.1. The van der Waals surface area contributed by atoms with Crippen LogP contribution in [-0.4, -0.2) is 5.91 Å². The third-order valence-electron chi connectivity index (χ3n) is 3.00. The molecule has 5 heteroatoms. The van der Waals surface area contributed by atoms with E-state index in [1.54, 1.807) is 11.3 Å². The Hall–Kier alpha value is -1.33. The number of hydrogen-bond acceptors (Lipinski definition) is 3. The van der Waals surface area contributed by atoms with Crippen molar-refractivity contribution in [3.05, 3.63) is 44.6 Å². The Kier molecular flexibility index (Phi) is 5.20. The molecular formula is C15H17BrN2OS. The van der Waals surface area contributed by atoms with Crippen LogP contribution in [0.2, 0.25) is 0 Å². The van der Waals surface area contributed by atoms with E-state index < -0.39 is 0 Å². The van der Waals surface area contributed by atoms with Crippen LogP contribution in [0.15, 0.2) is 34.1 Å². The van der Waals surface area contributed by atoms with E-state index in [9.17, 15) is 4.79 Å². The minimum atomic E-state index is 0.0347. The lowest BCUT2D eigenvalue weighted by atomic mass is 10.1. The molecule has 1 aromatic carbocycles. The van der Waals surface area contributed by atoms with Crippen LogP contribution >= 0.6 is 27.3 Å². The topological polar surface area (TPSA) is 41.1 Å². The van der Waals surface area contributed by atoms with Gasteiger partial charge >= 0.3 is 0 Å². The fourth-order valence-corrected chi connectivity index (χ4v) is 3.22. The van der Waals surface area contributed by atoms with Gasteiger partial charge in [0.05, 0.1) is 0 Å². The van der Waals surface area contributed by atoms with Crippen LogP contribution in [0.4, 0.5) is 11.4 Å². The van der Waals surface area contributed by atoms with E-state index in [1.807, 2.05) is 32.0 Å². The summed E-state index contributed by atoms with van der Waals surface area (Å²) in [6.45, 7) is 4.64. The molecular weight excluding hydrogens is 336 g/mol. The van der Waals surface area contributed by atoms with E-state index in [2.05, 4.69) is 38.0 Å². The minimum Gasteiger partial charge on any atom is -0.380 e. The number of benzene rings is 1. The van der Waals surface area contributed by atoms with E-state index in [0.717, 1.165) is 28.0 Å². The first-order valence-corrected chi connectivity index (χ1v) is 8.13. The molecule has 1 amide bonds. The number of rotatable bonds is 5. The van der Waals surface area contributed by atoms with Crippen LogP contribution in [-0.2, 0) is 11.3 Å². The Balaban J connectivity index is 2.08. The summed E-state index contributed by atoms with van der Waals surface area (Å²) in [5, 5.41) is 8.40. The van der Waals surface area contributed by atoms with E-state index in [1.165, 1.54) is 4.88 Å². The Morgan fingerprint density at radius 3 is 2.75 bits per heavy atom. The maximum Gasteiger partial charge on any atom is 0.224 e. The molecule has 2 N–H and O–H groups in total. The first-order valence-electron chi connectivity index (χ1n) is 6.46. The van der Waals surface area contributed by atoms with Crippen molar-refractivity contribution >= 4 is 44.5 Å². The summed E-state index contributed by atoms with van der Waals surface area (Å²) in [6, 6.07) is 8.01. The number of thiophene rings is 1. The number of nitrogens with one attached hydrogen (secondary N) is 2. The second-order valence-corrected chi connectivity index (χ2v) is 6.38. The summed E-state index contributed by atoms with van der Waals surface area (Å²) in [5.41, 5.74) is 2.97. The average Bonchev–Trinajstić information content (AvgIpc) is 2.85. The zero-order valence-corrected chi connectivity index (χ0v) is 13.9. The summed E-state index contributed by atoms with van der Waals surface area (Å²) in [5.74, 6) is 0.0347. The second kappa shape index (κ2) is 6.90. The van der Waals surface area contributed by atoms with E-state index in [-0.39, 0.29) is 5.91 Å². The molecule has 20 heavy (non-hydrogen) atoms. The third-order valence-corrected chi connectivity index (χ3v) is 4.70. The van der Waals surface area contributed by atoms with Crippen molar-refractivity contribution in [2.24, 2.45) is 0 Å². The maximum atomic E-state index is 11.5. The van der Waals surface area contributed by atoms with Gasteiger partial charge in [-0.1, -0.05) is 13.0 Å². The molecule has 0 aliphatic heterocycles. The number of carbonyl (C=O) groups excluding carboxylic acids is 1.